The first-order valence-electron chi connectivity index (χ1n) is 10.1. The fourth-order valence-electron chi connectivity index (χ4n) is 5.93. The minimum atomic E-state index is -1.05. The normalized spacial score (nSPS) is 23.9. The highest BCUT2D eigenvalue weighted by Crippen LogP contribution is 2.61. The minimum absolute atomic E-state index is 0.491. The number of rotatable bonds is 2. The molecule has 7 rings (SSSR count). The second-order valence-corrected chi connectivity index (χ2v) is 8.26. The van der Waals surface area contributed by atoms with Gasteiger partial charge in [0.25, 0.3) is 0 Å². The van der Waals surface area contributed by atoms with Gasteiger partial charge < -0.3 is 10.2 Å². The molecule has 0 spiro atoms. The highest BCUT2D eigenvalue weighted by Gasteiger charge is 2.56. The minimum Gasteiger partial charge on any atom is -0.481 e. The first-order chi connectivity index (χ1) is 14.6. The Morgan fingerprint density at radius 2 is 0.967 bits per heavy atom. The monoisotopic (exact) mass is 394 g/mol. The zero-order valence-corrected chi connectivity index (χ0v) is 15.9. The van der Waals surface area contributed by atoms with Crippen LogP contribution in [0, 0.1) is 11.8 Å². The van der Waals surface area contributed by atoms with Crippen molar-refractivity contribution in [2.24, 2.45) is 11.8 Å². The summed E-state index contributed by atoms with van der Waals surface area (Å²) in [6.07, 6.45) is 0. The molecule has 4 unspecified atom stereocenters. The van der Waals surface area contributed by atoms with Crippen molar-refractivity contribution in [3.8, 4) is 0 Å². The third-order valence-electron chi connectivity index (χ3n) is 6.98. The number of hydrogen-bond acceptors (Lipinski definition) is 2. The highest BCUT2D eigenvalue weighted by atomic mass is 16.4. The van der Waals surface area contributed by atoms with Gasteiger partial charge in [0.15, 0.2) is 0 Å². The van der Waals surface area contributed by atoms with E-state index in [1.165, 1.54) is 0 Å². The molecule has 4 nitrogen and oxygen atoms in total. The van der Waals surface area contributed by atoms with Crippen LogP contribution in [0.3, 0.4) is 0 Å². The van der Waals surface area contributed by atoms with Gasteiger partial charge in [0, 0.05) is 11.8 Å². The molecular weight excluding hydrogens is 376 g/mol. The summed E-state index contributed by atoms with van der Waals surface area (Å²) in [5.74, 6) is -5.08. The third-order valence-corrected chi connectivity index (χ3v) is 6.98. The van der Waals surface area contributed by atoms with Crippen molar-refractivity contribution in [1.82, 2.24) is 0 Å². The van der Waals surface area contributed by atoms with Crippen LogP contribution in [0.2, 0.25) is 0 Å². The van der Waals surface area contributed by atoms with Gasteiger partial charge in [-0.3, -0.25) is 9.59 Å². The lowest BCUT2D eigenvalue weighted by Gasteiger charge is -2.48. The Balaban J connectivity index is 1.79. The zero-order chi connectivity index (χ0) is 20.6. The molecule has 4 atom stereocenters. The van der Waals surface area contributed by atoms with Crippen molar-refractivity contribution in [2.45, 2.75) is 11.8 Å². The molecule has 3 aliphatic rings. The van der Waals surface area contributed by atoms with Crippen molar-refractivity contribution >= 4 is 33.5 Å². The van der Waals surface area contributed by atoms with Crippen LogP contribution < -0.4 is 0 Å². The predicted octanol–water partition coefficient (Wildman–Crippen LogP) is 4.99. The molecule has 4 aromatic rings. The number of carboxylic acids is 2. The van der Waals surface area contributed by atoms with Gasteiger partial charge in [-0.05, 0) is 43.8 Å². The molecule has 0 saturated heterocycles. The molecular formula is C26H18O4. The van der Waals surface area contributed by atoms with E-state index in [0.717, 1.165) is 43.8 Å². The number of carboxylic acid groups (broad SMARTS) is 2. The van der Waals surface area contributed by atoms with Crippen LogP contribution >= 0.6 is 0 Å². The van der Waals surface area contributed by atoms with Gasteiger partial charge in [0.1, 0.15) is 0 Å². The van der Waals surface area contributed by atoms with Crippen LogP contribution in [-0.4, -0.2) is 22.2 Å². The van der Waals surface area contributed by atoms with E-state index in [0.29, 0.717) is 0 Å². The van der Waals surface area contributed by atoms with Gasteiger partial charge in [0.05, 0.1) is 11.8 Å². The van der Waals surface area contributed by atoms with Gasteiger partial charge in [-0.25, -0.2) is 0 Å². The van der Waals surface area contributed by atoms with E-state index in [9.17, 15) is 19.8 Å². The van der Waals surface area contributed by atoms with Crippen molar-refractivity contribution in [2.75, 3.05) is 0 Å². The van der Waals surface area contributed by atoms with Crippen molar-refractivity contribution < 1.29 is 19.8 Å². The highest BCUT2D eigenvalue weighted by molar-refractivity contribution is 5.97. The Bertz CT molecular complexity index is 1280. The van der Waals surface area contributed by atoms with E-state index in [2.05, 4.69) is 0 Å². The lowest BCUT2D eigenvalue weighted by atomic mass is 9.53. The van der Waals surface area contributed by atoms with E-state index in [-0.39, 0.29) is 0 Å². The molecule has 0 aromatic heterocycles. The molecule has 2 bridgehead atoms. The first-order valence-corrected chi connectivity index (χ1v) is 10.1. The van der Waals surface area contributed by atoms with Crippen LogP contribution in [0.5, 0.6) is 0 Å². The molecule has 4 aromatic carbocycles. The summed E-state index contributed by atoms with van der Waals surface area (Å²) in [4.78, 5) is 24.8. The summed E-state index contributed by atoms with van der Waals surface area (Å²) in [6.45, 7) is 0. The maximum atomic E-state index is 12.4. The molecule has 0 fully saturated rings. The smallest absolute Gasteiger partial charge is 0.308 e. The summed E-state index contributed by atoms with van der Waals surface area (Å²) in [6, 6.07) is 24.0. The van der Waals surface area contributed by atoms with E-state index in [4.69, 9.17) is 0 Å². The Morgan fingerprint density at radius 1 is 0.567 bits per heavy atom. The van der Waals surface area contributed by atoms with Crippen molar-refractivity contribution in [3.05, 3.63) is 95.1 Å². The average molecular weight is 394 g/mol. The topological polar surface area (TPSA) is 74.6 Å². The van der Waals surface area contributed by atoms with Crippen molar-refractivity contribution in [1.29, 1.82) is 0 Å². The molecule has 0 amide bonds. The van der Waals surface area contributed by atoms with Crippen LogP contribution in [0.4, 0.5) is 0 Å². The maximum Gasteiger partial charge on any atom is 0.308 e. The molecule has 0 heterocycles. The van der Waals surface area contributed by atoms with Crippen LogP contribution in [-0.2, 0) is 9.59 Å². The lowest BCUT2D eigenvalue weighted by Crippen LogP contribution is -2.47. The van der Waals surface area contributed by atoms with E-state index in [1.807, 2.05) is 72.8 Å². The molecule has 0 saturated carbocycles. The molecule has 0 aliphatic heterocycles. The van der Waals surface area contributed by atoms with Crippen LogP contribution in [0.25, 0.3) is 21.5 Å². The standard InChI is InChI=1S/C26H18O4/c27-25(28)23-21-18-12-10-14-6-2-4-8-16(14)20(18)22(24(23)26(29)30)17-11-9-13-5-1-3-7-15(13)19(17)21/h1-12,21-24H,(H,27,28)(H,29,30). The summed E-state index contributed by atoms with van der Waals surface area (Å²) in [5, 5.41) is 24.4. The lowest BCUT2D eigenvalue weighted by molar-refractivity contribution is -0.156. The molecule has 146 valence electrons. The molecule has 3 aliphatic carbocycles. The number of aliphatic carboxylic acids is 2. The summed E-state index contributed by atoms with van der Waals surface area (Å²) < 4.78 is 0. The van der Waals surface area contributed by atoms with Crippen LogP contribution in [0.15, 0.2) is 72.8 Å². The first kappa shape index (κ1) is 17.2. The molecule has 2 N–H and O–H groups in total. The van der Waals surface area contributed by atoms with Gasteiger partial charge in [-0.2, -0.15) is 0 Å². The van der Waals surface area contributed by atoms with Crippen molar-refractivity contribution in [3.63, 3.8) is 0 Å². The van der Waals surface area contributed by atoms with Gasteiger partial charge in [-0.1, -0.05) is 72.8 Å². The Kier molecular flexibility index (Phi) is 3.40. The zero-order valence-electron chi connectivity index (χ0n) is 15.9. The Labute approximate surface area is 172 Å². The second-order valence-electron chi connectivity index (χ2n) is 8.26. The average Bonchev–Trinajstić information content (AvgIpc) is 2.77. The Hall–Kier alpha value is -3.66. The molecule has 4 heteroatoms. The fourth-order valence-corrected chi connectivity index (χ4v) is 5.93. The third kappa shape index (κ3) is 2.05. The number of benzene rings is 4. The fraction of sp³-hybridized carbons (Fsp3) is 0.154. The van der Waals surface area contributed by atoms with Gasteiger partial charge in [0.2, 0.25) is 0 Å². The van der Waals surface area contributed by atoms with Crippen LogP contribution in [0.1, 0.15) is 34.1 Å². The molecule has 0 radical (unpaired) electrons. The van der Waals surface area contributed by atoms with Gasteiger partial charge in [-0.15, -0.1) is 0 Å². The largest absolute Gasteiger partial charge is 0.481 e. The SMILES string of the molecule is O=C(O)C1C2c3ccc4ccccc4c3C(c3ccc4ccccc4c32)C1C(=O)O. The number of hydrogen-bond donors (Lipinski definition) is 2. The molecule has 30 heavy (non-hydrogen) atoms. The van der Waals surface area contributed by atoms with Gasteiger partial charge >= 0.3 is 11.9 Å². The quantitative estimate of drug-likeness (QED) is 0.503. The Morgan fingerprint density at radius 3 is 1.37 bits per heavy atom. The number of carbonyl (C=O) groups is 2. The predicted molar refractivity (Wildman–Crippen MR) is 114 cm³/mol. The van der Waals surface area contributed by atoms with E-state index in [1.54, 1.807) is 0 Å². The summed E-state index contributed by atoms with van der Waals surface area (Å²) in [7, 11) is 0. The second kappa shape index (κ2) is 5.92. The summed E-state index contributed by atoms with van der Waals surface area (Å²) >= 11 is 0. The van der Waals surface area contributed by atoms with E-state index < -0.39 is 35.6 Å². The number of fused-ring (bicyclic) bond motifs is 3. The summed E-state index contributed by atoms with van der Waals surface area (Å²) in [5.41, 5.74) is 3.86. The maximum absolute atomic E-state index is 12.4. The van der Waals surface area contributed by atoms with E-state index >= 15 is 0 Å².